The Bertz CT molecular complexity index is 481. The Hall–Kier alpha value is -1.91. The summed E-state index contributed by atoms with van der Waals surface area (Å²) in [7, 11) is 0. The molecule has 0 atom stereocenters. The molecule has 1 aliphatic carbocycles. The molecule has 5 nitrogen and oxygen atoms in total. The van der Waals surface area contributed by atoms with Crippen molar-refractivity contribution in [2.24, 2.45) is 5.41 Å². The van der Waals surface area contributed by atoms with Gasteiger partial charge >= 0.3 is 5.97 Å². The van der Waals surface area contributed by atoms with Gasteiger partial charge in [-0.1, -0.05) is 6.42 Å². The molecule has 0 saturated heterocycles. The Morgan fingerprint density at radius 3 is 2.72 bits per heavy atom. The number of carboxylic acids is 1. The van der Waals surface area contributed by atoms with Crippen LogP contribution in [0, 0.1) is 12.3 Å². The molecule has 1 aromatic rings. The SMILES string of the molecule is Cc1cc(C(=O)NCC2(C(=O)O)CCC2)ccn1. The predicted molar refractivity (Wildman–Crippen MR) is 65.2 cm³/mol. The summed E-state index contributed by atoms with van der Waals surface area (Å²) in [4.78, 5) is 27.0. The second-order valence-electron chi connectivity index (χ2n) is 4.81. The largest absolute Gasteiger partial charge is 0.481 e. The van der Waals surface area contributed by atoms with Crippen LogP contribution >= 0.6 is 0 Å². The summed E-state index contributed by atoms with van der Waals surface area (Å²) in [6.45, 7) is 2.00. The molecule has 0 aliphatic heterocycles. The molecule has 2 N–H and O–H groups in total. The number of nitrogens with zero attached hydrogens (tertiary/aromatic N) is 1. The molecular formula is C13H16N2O3. The number of amides is 1. The van der Waals surface area contributed by atoms with E-state index < -0.39 is 11.4 Å². The van der Waals surface area contributed by atoms with Crippen molar-refractivity contribution in [1.82, 2.24) is 10.3 Å². The van der Waals surface area contributed by atoms with E-state index in [4.69, 9.17) is 5.11 Å². The summed E-state index contributed by atoms with van der Waals surface area (Å²) in [5, 5.41) is 11.9. The molecule has 1 fully saturated rings. The molecule has 1 amide bonds. The lowest BCUT2D eigenvalue weighted by molar-refractivity contribution is -0.153. The number of rotatable bonds is 4. The number of carbonyl (C=O) groups is 2. The number of nitrogens with one attached hydrogen (secondary N) is 1. The van der Waals surface area contributed by atoms with Crippen molar-refractivity contribution >= 4 is 11.9 Å². The standard InChI is InChI=1S/C13H16N2O3/c1-9-7-10(3-6-14-9)11(16)15-8-13(12(17)18)4-2-5-13/h3,6-7H,2,4-5,8H2,1H3,(H,15,16)(H,17,18). The van der Waals surface area contributed by atoms with Crippen LogP contribution in [-0.2, 0) is 4.79 Å². The van der Waals surface area contributed by atoms with Crippen molar-refractivity contribution in [3.05, 3.63) is 29.6 Å². The number of carbonyl (C=O) groups excluding carboxylic acids is 1. The summed E-state index contributed by atoms with van der Waals surface area (Å²) in [6, 6.07) is 3.31. The minimum atomic E-state index is -0.819. The van der Waals surface area contributed by atoms with E-state index in [1.807, 2.05) is 0 Å². The van der Waals surface area contributed by atoms with Crippen molar-refractivity contribution in [2.75, 3.05) is 6.54 Å². The minimum absolute atomic E-state index is 0.197. The van der Waals surface area contributed by atoms with Crippen LogP contribution in [0.2, 0.25) is 0 Å². The second-order valence-corrected chi connectivity index (χ2v) is 4.81. The molecule has 96 valence electrons. The zero-order valence-electron chi connectivity index (χ0n) is 10.3. The number of carboxylic acid groups (broad SMARTS) is 1. The van der Waals surface area contributed by atoms with Crippen LogP contribution in [-0.4, -0.2) is 28.5 Å². The van der Waals surface area contributed by atoms with E-state index in [-0.39, 0.29) is 12.5 Å². The zero-order chi connectivity index (χ0) is 13.2. The molecule has 0 aromatic carbocycles. The normalized spacial score (nSPS) is 16.7. The van der Waals surface area contributed by atoms with Crippen molar-refractivity contribution in [2.45, 2.75) is 26.2 Å². The number of hydrogen-bond donors (Lipinski definition) is 2. The molecule has 1 heterocycles. The van der Waals surface area contributed by atoms with Gasteiger partial charge in [-0.2, -0.15) is 0 Å². The van der Waals surface area contributed by atoms with E-state index >= 15 is 0 Å². The molecular weight excluding hydrogens is 232 g/mol. The Kier molecular flexibility index (Phi) is 3.32. The number of hydrogen-bond acceptors (Lipinski definition) is 3. The predicted octanol–water partition coefficient (Wildman–Crippen LogP) is 1.37. The fourth-order valence-electron chi connectivity index (χ4n) is 2.11. The smallest absolute Gasteiger partial charge is 0.311 e. The van der Waals surface area contributed by atoms with Crippen LogP contribution in [0.1, 0.15) is 35.3 Å². The third-order valence-corrected chi connectivity index (χ3v) is 3.51. The summed E-state index contributed by atoms with van der Waals surface area (Å²) in [6.07, 6.45) is 3.76. The summed E-state index contributed by atoms with van der Waals surface area (Å²) < 4.78 is 0. The van der Waals surface area contributed by atoms with E-state index in [9.17, 15) is 9.59 Å². The lowest BCUT2D eigenvalue weighted by Crippen LogP contribution is -2.47. The first-order valence-corrected chi connectivity index (χ1v) is 5.98. The summed E-state index contributed by atoms with van der Waals surface area (Å²) in [5.74, 6) is -1.06. The van der Waals surface area contributed by atoms with Gasteiger partial charge in [0.05, 0.1) is 5.41 Å². The molecule has 0 spiro atoms. The van der Waals surface area contributed by atoms with E-state index in [1.54, 1.807) is 25.3 Å². The van der Waals surface area contributed by atoms with E-state index in [0.717, 1.165) is 12.1 Å². The number of pyridine rings is 1. The lowest BCUT2D eigenvalue weighted by Gasteiger charge is -2.37. The third kappa shape index (κ3) is 2.34. The second kappa shape index (κ2) is 4.76. The first-order chi connectivity index (χ1) is 8.53. The van der Waals surface area contributed by atoms with Crippen molar-refractivity contribution in [3.8, 4) is 0 Å². The van der Waals surface area contributed by atoms with Crippen LogP contribution in [0.4, 0.5) is 0 Å². The molecule has 18 heavy (non-hydrogen) atoms. The molecule has 0 unspecified atom stereocenters. The molecule has 2 rings (SSSR count). The fourth-order valence-corrected chi connectivity index (χ4v) is 2.11. The van der Waals surface area contributed by atoms with E-state index in [2.05, 4.69) is 10.3 Å². The van der Waals surface area contributed by atoms with Gasteiger partial charge in [0.2, 0.25) is 0 Å². The van der Waals surface area contributed by atoms with Gasteiger partial charge in [-0.05, 0) is 31.9 Å². The minimum Gasteiger partial charge on any atom is -0.481 e. The highest BCUT2D eigenvalue weighted by Gasteiger charge is 2.44. The Balaban J connectivity index is 1.98. The molecule has 1 saturated carbocycles. The van der Waals surface area contributed by atoms with Gasteiger partial charge in [-0.3, -0.25) is 14.6 Å². The molecule has 0 bridgehead atoms. The van der Waals surface area contributed by atoms with Crippen LogP contribution < -0.4 is 5.32 Å². The van der Waals surface area contributed by atoms with Crippen molar-refractivity contribution < 1.29 is 14.7 Å². The van der Waals surface area contributed by atoms with Crippen LogP contribution in [0.5, 0.6) is 0 Å². The average Bonchev–Trinajstić information content (AvgIpc) is 2.26. The molecule has 1 aliphatic rings. The van der Waals surface area contributed by atoms with E-state index in [1.165, 1.54) is 0 Å². The molecule has 5 heteroatoms. The fraction of sp³-hybridized carbons (Fsp3) is 0.462. The summed E-state index contributed by atoms with van der Waals surface area (Å²) in [5.41, 5.74) is 0.527. The van der Waals surface area contributed by atoms with Crippen LogP contribution in [0.25, 0.3) is 0 Å². The maximum absolute atomic E-state index is 11.9. The van der Waals surface area contributed by atoms with Gasteiger partial charge in [0, 0.05) is 24.0 Å². The van der Waals surface area contributed by atoms with Gasteiger partial charge < -0.3 is 10.4 Å². The Morgan fingerprint density at radius 1 is 1.50 bits per heavy atom. The van der Waals surface area contributed by atoms with Crippen molar-refractivity contribution in [3.63, 3.8) is 0 Å². The Labute approximate surface area is 105 Å². The number of aliphatic carboxylic acids is 1. The van der Waals surface area contributed by atoms with Crippen LogP contribution in [0.15, 0.2) is 18.3 Å². The topological polar surface area (TPSA) is 79.3 Å². The maximum Gasteiger partial charge on any atom is 0.311 e. The average molecular weight is 248 g/mol. The maximum atomic E-state index is 11.9. The monoisotopic (exact) mass is 248 g/mol. The Morgan fingerprint density at radius 2 is 2.22 bits per heavy atom. The van der Waals surface area contributed by atoms with Gasteiger partial charge in [0.15, 0.2) is 0 Å². The molecule has 1 aromatic heterocycles. The first-order valence-electron chi connectivity index (χ1n) is 5.98. The van der Waals surface area contributed by atoms with E-state index in [0.29, 0.717) is 18.4 Å². The van der Waals surface area contributed by atoms with Gasteiger partial charge in [0.1, 0.15) is 0 Å². The van der Waals surface area contributed by atoms with Gasteiger partial charge in [-0.15, -0.1) is 0 Å². The summed E-state index contributed by atoms with van der Waals surface area (Å²) >= 11 is 0. The number of aromatic nitrogens is 1. The first kappa shape index (κ1) is 12.5. The lowest BCUT2D eigenvalue weighted by atomic mass is 9.69. The van der Waals surface area contributed by atoms with Gasteiger partial charge in [-0.25, -0.2) is 0 Å². The van der Waals surface area contributed by atoms with Gasteiger partial charge in [0.25, 0.3) is 5.91 Å². The molecule has 0 radical (unpaired) electrons. The highest BCUT2D eigenvalue weighted by atomic mass is 16.4. The highest BCUT2D eigenvalue weighted by Crippen LogP contribution is 2.40. The van der Waals surface area contributed by atoms with Crippen LogP contribution in [0.3, 0.4) is 0 Å². The third-order valence-electron chi connectivity index (χ3n) is 3.51. The highest BCUT2D eigenvalue weighted by molar-refractivity contribution is 5.94. The van der Waals surface area contributed by atoms with Crippen molar-refractivity contribution in [1.29, 1.82) is 0 Å². The number of aryl methyl sites for hydroxylation is 1. The zero-order valence-corrected chi connectivity index (χ0v) is 10.3. The quantitative estimate of drug-likeness (QED) is 0.843.